The number of allylic oxidation sites excluding steroid dienone is 5. The first-order chi connectivity index (χ1) is 11.8. The molecule has 25 heavy (non-hydrogen) atoms. The first-order valence-electron chi connectivity index (χ1n) is 7.04. The Kier molecular flexibility index (Phi) is 16.1. The van der Waals surface area contributed by atoms with E-state index in [4.69, 9.17) is 9.90 Å². The van der Waals surface area contributed by atoms with E-state index in [1.165, 1.54) is 0 Å². The second-order valence-electron chi connectivity index (χ2n) is 4.50. The molecule has 0 fully saturated rings. The Morgan fingerprint density at radius 2 is 1.68 bits per heavy atom. The Hall–Kier alpha value is -1.71. The van der Waals surface area contributed by atoms with E-state index in [9.17, 15) is 26.7 Å². The molecule has 0 heterocycles. The van der Waals surface area contributed by atoms with Gasteiger partial charge in [-0.25, -0.2) is 22.0 Å². The van der Waals surface area contributed by atoms with Crippen LogP contribution in [0.3, 0.4) is 0 Å². The fourth-order valence-electron chi connectivity index (χ4n) is 1.60. The molecule has 0 unspecified atom stereocenters. The summed E-state index contributed by atoms with van der Waals surface area (Å²) in [6, 6.07) is 0. The first-order valence-corrected chi connectivity index (χ1v) is 8.16. The second-order valence-corrected chi connectivity index (χ2v) is 5.06. The van der Waals surface area contributed by atoms with Gasteiger partial charge in [0.25, 0.3) is 6.47 Å². The van der Waals surface area contributed by atoms with Crippen LogP contribution in [0, 0.1) is 0 Å². The number of halogens is 6. The van der Waals surface area contributed by atoms with E-state index >= 15 is 0 Å². The zero-order chi connectivity index (χ0) is 19.8. The summed E-state index contributed by atoms with van der Waals surface area (Å²) >= 11 is 2.98. The van der Waals surface area contributed by atoms with Crippen molar-refractivity contribution in [2.75, 3.05) is 11.9 Å². The van der Waals surface area contributed by atoms with Gasteiger partial charge in [-0.05, 0) is 26.2 Å². The average molecular weight is 436 g/mol. The minimum atomic E-state index is -2.06. The maximum Gasteiger partial charge on any atom is 0.290 e. The maximum atomic E-state index is 13.6. The molecule has 0 atom stereocenters. The van der Waals surface area contributed by atoms with Gasteiger partial charge in [-0.2, -0.15) is 0 Å². The van der Waals surface area contributed by atoms with E-state index in [-0.39, 0.29) is 24.1 Å². The van der Waals surface area contributed by atoms with Gasteiger partial charge in [0.05, 0.1) is 5.33 Å². The third-order valence-electron chi connectivity index (χ3n) is 2.73. The molecule has 0 aromatic rings. The highest BCUT2D eigenvalue weighted by Crippen LogP contribution is 2.30. The van der Waals surface area contributed by atoms with Gasteiger partial charge in [0.1, 0.15) is 12.2 Å². The molecule has 1 amide bonds. The van der Waals surface area contributed by atoms with Crippen molar-refractivity contribution in [3.05, 3.63) is 35.2 Å². The molecule has 0 saturated heterocycles. The molecule has 10 heteroatoms. The molecule has 0 spiro atoms. The van der Waals surface area contributed by atoms with Gasteiger partial charge in [-0.1, -0.05) is 22.4 Å². The van der Waals surface area contributed by atoms with Crippen molar-refractivity contribution in [2.24, 2.45) is 0 Å². The summed E-state index contributed by atoms with van der Waals surface area (Å²) in [5.41, 5.74) is -0.626. The number of hydrogen-bond donors (Lipinski definition) is 2. The summed E-state index contributed by atoms with van der Waals surface area (Å²) < 4.78 is 64.4. The lowest BCUT2D eigenvalue weighted by atomic mass is 10.0. The Balaban J connectivity index is 0. The highest BCUT2D eigenvalue weighted by Gasteiger charge is 2.18. The molecule has 0 radical (unpaired) electrons. The minimum Gasteiger partial charge on any atom is -0.483 e. The van der Waals surface area contributed by atoms with Gasteiger partial charge < -0.3 is 10.4 Å². The van der Waals surface area contributed by atoms with Crippen molar-refractivity contribution in [3.63, 3.8) is 0 Å². The number of nitrogens with one attached hydrogen (secondary N) is 1. The average Bonchev–Trinajstić information content (AvgIpc) is 2.59. The first kappa shape index (κ1) is 25.5. The lowest BCUT2D eigenvalue weighted by molar-refractivity contribution is -0.123. The fraction of sp³-hybridized carbons (Fsp3) is 0.467. The topological polar surface area (TPSA) is 66.4 Å². The molecule has 0 bridgehead atoms. The zero-order valence-electron chi connectivity index (χ0n) is 13.4. The second kappa shape index (κ2) is 15.8. The summed E-state index contributed by atoms with van der Waals surface area (Å²) in [6.07, 6.45) is 0.516. The van der Waals surface area contributed by atoms with Crippen molar-refractivity contribution >= 4 is 28.3 Å². The zero-order valence-corrected chi connectivity index (χ0v) is 15.0. The van der Waals surface area contributed by atoms with Crippen LogP contribution in [0.4, 0.5) is 22.0 Å². The maximum absolute atomic E-state index is 13.6. The van der Waals surface area contributed by atoms with E-state index in [0.717, 1.165) is 6.92 Å². The van der Waals surface area contributed by atoms with Gasteiger partial charge in [0.2, 0.25) is 5.91 Å². The summed E-state index contributed by atoms with van der Waals surface area (Å²) in [5, 5.41) is 9.67. The van der Waals surface area contributed by atoms with Crippen LogP contribution in [-0.4, -0.2) is 29.4 Å². The standard InChI is InChI=1S/C14H17BrF5NO.CH2O2/c1-9(17)10(13(19)14(20)11(18)8-16)5-3-2-4-6-21-12(22)7-15;2-1-3/h8H,2-7H2,1H3,(H,21,22);1H,(H,2,3)/b10-9+,11-8-,14-13-;. The summed E-state index contributed by atoms with van der Waals surface area (Å²) in [4.78, 5) is 19.3. The predicted molar refractivity (Wildman–Crippen MR) is 87.3 cm³/mol. The van der Waals surface area contributed by atoms with Gasteiger partial charge in [-0.3, -0.25) is 9.59 Å². The summed E-state index contributed by atoms with van der Waals surface area (Å²) in [6.45, 7) is 1.07. The number of alkyl halides is 1. The Morgan fingerprint density at radius 3 is 2.12 bits per heavy atom. The SMILES string of the molecule is C\C(F)=C(CCCCCNC(=O)CBr)/C(F)=C(F)\C(F)=C\F.O=CO. The van der Waals surface area contributed by atoms with E-state index in [1.54, 1.807) is 0 Å². The van der Waals surface area contributed by atoms with E-state index in [1.807, 2.05) is 0 Å². The van der Waals surface area contributed by atoms with Gasteiger partial charge in [0, 0.05) is 12.1 Å². The van der Waals surface area contributed by atoms with E-state index in [0.29, 0.717) is 25.8 Å². The van der Waals surface area contributed by atoms with E-state index in [2.05, 4.69) is 21.2 Å². The van der Waals surface area contributed by atoms with Crippen LogP contribution in [0.25, 0.3) is 0 Å². The molecule has 4 nitrogen and oxygen atoms in total. The van der Waals surface area contributed by atoms with Gasteiger partial charge in [0.15, 0.2) is 17.5 Å². The lowest BCUT2D eigenvalue weighted by Gasteiger charge is -2.07. The van der Waals surface area contributed by atoms with Crippen molar-refractivity contribution in [1.29, 1.82) is 0 Å². The molecule has 0 saturated carbocycles. The third-order valence-corrected chi connectivity index (χ3v) is 3.24. The molecule has 2 N–H and O–H groups in total. The number of hydrogen-bond acceptors (Lipinski definition) is 2. The minimum absolute atomic E-state index is 0.159. The molecule has 0 aliphatic heterocycles. The lowest BCUT2D eigenvalue weighted by Crippen LogP contribution is -2.25. The van der Waals surface area contributed by atoms with Crippen molar-refractivity contribution in [1.82, 2.24) is 5.32 Å². The largest absolute Gasteiger partial charge is 0.483 e. The van der Waals surface area contributed by atoms with Gasteiger partial charge >= 0.3 is 0 Å². The van der Waals surface area contributed by atoms with E-state index < -0.39 is 35.2 Å². The fourth-order valence-corrected chi connectivity index (χ4v) is 1.80. The Morgan fingerprint density at radius 1 is 1.12 bits per heavy atom. The van der Waals surface area contributed by atoms with Crippen molar-refractivity contribution < 1.29 is 36.6 Å². The van der Waals surface area contributed by atoms with Crippen LogP contribution < -0.4 is 5.32 Å². The smallest absolute Gasteiger partial charge is 0.290 e. The van der Waals surface area contributed by atoms with Crippen LogP contribution in [-0.2, 0) is 9.59 Å². The highest BCUT2D eigenvalue weighted by atomic mass is 79.9. The molecule has 0 aliphatic carbocycles. The third kappa shape index (κ3) is 12.3. The van der Waals surface area contributed by atoms with Crippen molar-refractivity contribution in [2.45, 2.75) is 32.6 Å². The quantitative estimate of drug-likeness (QED) is 0.177. The Bertz CT molecular complexity index is 517. The summed E-state index contributed by atoms with van der Waals surface area (Å²) in [5.74, 6) is -6.98. The van der Waals surface area contributed by atoms with Crippen LogP contribution >= 0.6 is 15.9 Å². The number of carbonyl (C=O) groups excluding carboxylic acids is 1. The van der Waals surface area contributed by atoms with Crippen molar-refractivity contribution in [3.8, 4) is 0 Å². The number of carboxylic acid groups (broad SMARTS) is 1. The van der Waals surface area contributed by atoms with Crippen LogP contribution in [0.5, 0.6) is 0 Å². The summed E-state index contributed by atoms with van der Waals surface area (Å²) in [7, 11) is 0. The predicted octanol–water partition coefficient (Wildman–Crippen LogP) is 4.93. The van der Waals surface area contributed by atoms with Crippen LogP contribution in [0.2, 0.25) is 0 Å². The number of unbranched alkanes of at least 4 members (excludes halogenated alkanes) is 2. The Labute approximate surface area is 150 Å². The highest BCUT2D eigenvalue weighted by molar-refractivity contribution is 9.09. The molecule has 0 aliphatic rings. The number of rotatable bonds is 9. The number of amides is 1. The molecular formula is C15H19BrF5NO3. The normalized spacial score (nSPS) is 13.2. The molecule has 0 aromatic carbocycles. The molecule has 144 valence electrons. The monoisotopic (exact) mass is 435 g/mol. The molecule has 0 aromatic heterocycles. The van der Waals surface area contributed by atoms with Crippen LogP contribution in [0.1, 0.15) is 32.6 Å². The van der Waals surface area contributed by atoms with Crippen LogP contribution in [0.15, 0.2) is 35.2 Å². The molecular weight excluding hydrogens is 417 g/mol. The molecule has 0 rings (SSSR count). The van der Waals surface area contributed by atoms with Gasteiger partial charge in [-0.15, -0.1) is 0 Å². The number of carbonyl (C=O) groups is 2.